The number of carboxylic acids is 1. The van der Waals surface area contributed by atoms with E-state index in [1.165, 1.54) is 18.2 Å². The van der Waals surface area contributed by atoms with E-state index in [4.69, 9.17) is 5.11 Å². The second-order valence-electron chi connectivity index (χ2n) is 3.91. The van der Waals surface area contributed by atoms with Crippen LogP contribution in [0.25, 0.3) is 0 Å². The minimum absolute atomic E-state index is 0.00776. The van der Waals surface area contributed by atoms with Crippen molar-refractivity contribution in [3.63, 3.8) is 0 Å². The molecule has 8 heteroatoms. The number of hydrogen-bond acceptors (Lipinski definition) is 3. The minimum atomic E-state index is -3.71. The summed E-state index contributed by atoms with van der Waals surface area (Å²) in [6.45, 7) is 3.37. The van der Waals surface area contributed by atoms with Gasteiger partial charge < -0.3 is 5.11 Å². The van der Waals surface area contributed by atoms with Gasteiger partial charge in [-0.05, 0) is 32.0 Å². The number of hydrogen-bond donors (Lipinski definition) is 3. The number of aromatic carboxylic acids is 1. The van der Waals surface area contributed by atoms with Crippen LogP contribution in [-0.4, -0.2) is 25.5 Å². The molecule has 100 valence electrons. The lowest BCUT2D eigenvalue weighted by Gasteiger charge is -2.12. The highest BCUT2D eigenvalue weighted by Gasteiger charge is 2.13. The molecular formula is C10H13BrN2O4S. The Hall–Kier alpha value is -1.12. The molecule has 0 atom stereocenters. The fraction of sp³-hybridized carbons (Fsp3) is 0.300. The maximum atomic E-state index is 11.6. The summed E-state index contributed by atoms with van der Waals surface area (Å²) in [5.74, 6) is -1.13. The van der Waals surface area contributed by atoms with Crippen molar-refractivity contribution in [2.45, 2.75) is 19.9 Å². The molecule has 1 aromatic rings. The van der Waals surface area contributed by atoms with Crippen LogP contribution in [0.5, 0.6) is 0 Å². The third-order valence-corrected chi connectivity index (χ3v) is 3.53. The van der Waals surface area contributed by atoms with E-state index in [0.717, 1.165) is 0 Å². The summed E-state index contributed by atoms with van der Waals surface area (Å²) in [6.07, 6.45) is 0. The summed E-state index contributed by atoms with van der Waals surface area (Å²) in [6, 6.07) is 3.85. The number of carboxylic acid groups (broad SMARTS) is 1. The molecule has 0 aliphatic heterocycles. The predicted octanol–water partition coefficient (Wildman–Crippen LogP) is 1.80. The standard InChI is InChI=1S/C10H13BrN2O4S/c1-6(2)12-18(16,17)13-9-4-7(10(14)15)3-8(11)5-9/h3-6,12-13H,1-2H3,(H,14,15). The summed E-state index contributed by atoms with van der Waals surface area (Å²) in [5, 5.41) is 8.86. The van der Waals surface area contributed by atoms with Crippen LogP contribution in [0.2, 0.25) is 0 Å². The monoisotopic (exact) mass is 336 g/mol. The maximum Gasteiger partial charge on any atom is 0.335 e. The van der Waals surface area contributed by atoms with Gasteiger partial charge in [0.1, 0.15) is 0 Å². The van der Waals surface area contributed by atoms with Crippen molar-refractivity contribution in [2.75, 3.05) is 4.72 Å². The summed E-state index contributed by atoms with van der Waals surface area (Å²) in [7, 11) is -3.71. The second kappa shape index (κ2) is 5.68. The van der Waals surface area contributed by atoms with Crippen LogP contribution in [0.15, 0.2) is 22.7 Å². The van der Waals surface area contributed by atoms with E-state index in [-0.39, 0.29) is 17.3 Å². The van der Waals surface area contributed by atoms with Gasteiger partial charge in [-0.2, -0.15) is 13.1 Å². The Morgan fingerprint density at radius 2 is 1.94 bits per heavy atom. The number of carbonyl (C=O) groups is 1. The van der Waals surface area contributed by atoms with Crippen LogP contribution in [0, 0.1) is 0 Å². The van der Waals surface area contributed by atoms with Crippen LogP contribution in [-0.2, 0) is 10.2 Å². The molecule has 18 heavy (non-hydrogen) atoms. The molecule has 0 aliphatic rings. The largest absolute Gasteiger partial charge is 0.478 e. The van der Waals surface area contributed by atoms with E-state index in [0.29, 0.717) is 4.47 Å². The van der Waals surface area contributed by atoms with Gasteiger partial charge in [-0.25, -0.2) is 4.79 Å². The molecule has 0 spiro atoms. The normalized spacial score (nSPS) is 11.6. The smallest absolute Gasteiger partial charge is 0.335 e. The van der Waals surface area contributed by atoms with E-state index < -0.39 is 16.2 Å². The van der Waals surface area contributed by atoms with Gasteiger partial charge in [0.2, 0.25) is 0 Å². The first-order valence-electron chi connectivity index (χ1n) is 5.03. The molecule has 0 heterocycles. The Morgan fingerprint density at radius 1 is 1.33 bits per heavy atom. The molecule has 1 rings (SSSR count). The number of anilines is 1. The lowest BCUT2D eigenvalue weighted by Crippen LogP contribution is -2.35. The van der Waals surface area contributed by atoms with E-state index in [1.807, 2.05) is 0 Å². The fourth-order valence-corrected chi connectivity index (χ4v) is 2.87. The van der Waals surface area contributed by atoms with Crippen LogP contribution >= 0.6 is 15.9 Å². The SMILES string of the molecule is CC(C)NS(=O)(=O)Nc1cc(Br)cc(C(=O)O)c1. The second-order valence-corrected chi connectivity index (χ2v) is 6.27. The number of halogens is 1. The molecule has 6 nitrogen and oxygen atoms in total. The van der Waals surface area contributed by atoms with Crippen molar-refractivity contribution >= 4 is 37.8 Å². The number of rotatable bonds is 5. The van der Waals surface area contributed by atoms with Crippen LogP contribution in [0.1, 0.15) is 24.2 Å². The van der Waals surface area contributed by atoms with Crippen molar-refractivity contribution < 1.29 is 18.3 Å². The van der Waals surface area contributed by atoms with Gasteiger partial charge in [0, 0.05) is 10.5 Å². The summed E-state index contributed by atoms with van der Waals surface area (Å²) >= 11 is 3.12. The van der Waals surface area contributed by atoms with Gasteiger partial charge in [0.05, 0.1) is 11.3 Å². The highest BCUT2D eigenvalue weighted by Crippen LogP contribution is 2.20. The zero-order valence-electron chi connectivity index (χ0n) is 9.77. The van der Waals surface area contributed by atoms with Gasteiger partial charge in [-0.3, -0.25) is 4.72 Å². The van der Waals surface area contributed by atoms with Crippen molar-refractivity contribution in [3.05, 3.63) is 28.2 Å². The highest BCUT2D eigenvalue weighted by molar-refractivity contribution is 9.10. The average Bonchev–Trinajstić information content (AvgIpc) is 2.12. The maximum absolute atomic E-state index is 11.6. The van der Waals surface area contributed by atoms with E-state index in [2.05, 4.69) is 25.4 Å². The Kier molecular flexibility index (Phi) is 4.71. The molecular weight excluding hydrogens is 324 g/mol. The molecule has 3 N–H and O–H groups in total. The van der Waals surface area contributed by atoms with Gasteiger partial charge in [-0.1, -0.05) is 15.9 Å². The molecule has 0 radical (unpaired) electrons. The average molecular weight is 337 g/mol. The van der Waals surface area contributed by atoms with Gasteiger partial charge in [-0.15, -0.1) is 0 Å². The fourth-order valence-electron chi connectivity index (χ4n) is 1.27. The Balaban J connectivity index is 3.01. The lowest BCUT2D eigenvalue weighted by molar-refractivity contribution is 0.0697. The number of benzene rings is 1. The Labute approximate surface area is 114 Å². The molecule has 0 aromatic heterocycles. The van der Waals surface area contributed by atoms with Gasteiger partial charge >= 0.3 is 5.97 Å². The molecule has 0 unspecified atom stereocenters. The minimum Gasteiger partial charge on any atom is -0.478 e. The molecule has 0 bridgehead atoms. The van der Waals surface area contributed by atoms with E-state index in [9.17, 15) is 13.2 Å². The summed E-state index contributed by atoms with van der Waals surface area (Å²) in [5.41, 5.74) is 0.168. The van der Waals surface area contributed by atoms with Gasteiger partial charge in [0.15, 0.2) is 0 Å². The summed E-state index contributed by atoms with van der Waals surface area (Å²) in [4.78, 5) is 10.8. The first-order chi connectivity index (χ1) is 8.19. The Bertz CT molecular complexity index is 557. The van der Waals surface area contributed by atoms with Crippen LogP contribution in [0.4, 0.5) is 5.69 Å². The molecule has 0 saturated carbocycles. The topological polar surface area (TPSA) is 95.5 Å². The molecule has 0 amide bonds. The van der Waals surface area contributed by atoms with E-state index >= 15 is 0 Å². The van der Waals surface area contributed by atoms with Crippen molar-refractivity contribution in [1.29, 1.82) is 0 Å². The lowest BCUT2D eigenvalue weighted by atomic mass is 10.2. The third-order valence-electron chi connectivity index (χ3n) is 1.79. The third kappa shape index (κ3) is 4.63. The zero-order chi connectivity index (χ0) is 13.9. The van der Waals surface area contributed by atoms with Crippen LogP contribution < -0.4 is 9.44 Å². The first kappa shape index (κ1) is 14.9. The molecule has 0 aliphatic carbocycles. The molecule has 1 aromatic carbocycles. The first-order valence-corrected chi connectivity index (χ1v) is 7.31. The summed E-state index contributed by atoms with van der Waals surface area (Å²) < 4.78 is 28.3. The van der Waals surface area contributed by atoms with Crippen molar-refractivity contribution in [1.82, 2.24) is 4.72 Å². The highest BCUT2D eigenvalue weighted by atomic mass is 79.9. The van der Waals surface area contributed by atoms with Crippen molar-refractivity contribution in [3.8, 4) is 0 Å². The number of nitrogens with one attached hydrogen (secondary N) is 2. The Morgan fingerprint density at radius 3 is 2.44 bits per heavy atom. The van der Waals surface area contributed by atoms with Crippen LogP contribution in [0.3, 0.4) is 0 Å². The quantitative estimate of drug-likeness (QED) is 0.763. The van der Waals surface area contributed by atoms with Gasteiger partial charge in [0.25, 0.3) is 10.2 Å². The predicted molar refractivity (Wildman–Crippen MR) is 71.9 cm³/mol. The van der Waals surface area contributed by atoms with E-state index in [1.54, 1.807) is 13.8 Å². The molecule has 0 saturated heterocycles. The van der Waals surface area contributed by atoms with Crippen molar-refractivity contribution in [2.24, 2.45) is 0 Å². The zero-order valence-corrected chi connectivity index (χ0v) is 12.2. The molecule has 0 fully saturated rings.